The Kier molecular flexibility index (Phi) is 6.35. The summed E-state index contributed by atoms with van der Waals surface area (Å²) in [5.74, 6) is 5.99. The van der Waals surface area contributed by atoms with Crippen LogP contribution in [0.25, 0.3) is 0 Å². The largest absolute Gasteiger partial charge is 0.395 e. The van der Waals surface area contributed by atoms with Crippen LogP contribution in [0.4, 0.5) is 0 Å². The zero-order valence-corrected chi connectivity index (χ0v) is 10.8. The van der Waals surface area contributed by atoms with Crippen LogP contribution in [0.15, 0.2) is 11.4 Å². The molecule has 3 nitrogen and oxygen atoms in total. The van der Waals surface area contributed by atoms with Gasteiger partial charge in [0, 0.05) is 36.4 Å². The molecule has 0 aromatic carbocycles. The fraction of sp³-hybridized carbons (Fsp3) is 0.462. The van der Waals surface area contributed by atoms with Crippen LogP contribution in [-0.4, -0.2) is 30.2 Å². The summed E-state index contributed by atoms with van der Waals surface area (Å²) in [5.41, 5.74) is 1.03. The molecule has 0 spiro atoms. The Morgan fingerprint density at radius 3 is 3.00 bits per heavy atom. The standard InChI is InChI=1S/C13H16N2OS/c1-15(8-4-7-14)11-13-12(6-10-17-13)5-2-3-9-16/h6,10,16H,3-4,8-9,11H2,1H3. The second-order valence-electron chi connectivity index (χ2n) is 3.68. The van der Waals surface area contributed by atoms with Crippen molar-refractivity contribution >= 4 is 11.3 Å². The minimum Gasteiger partial charge on any atom is -0.395 e. The number of rotatable bonds is 5. The van der Waals surface area contributed by atoms with E-state index in [2.05, 4.69) is 22.8 Å². The lowest BCUT2D eigenvalue weighted by molar-refractivity contribution is 0.305. The van der Waals surface area contributed by atoms with Crippen LogP contribution < -0.4 is 0 Å². The molecule has 1 rings (SSSR count). The molecule has 1 aromatic rings. The predicted octanol–water partition coefficient (Wildman–Crippen LogP) is 1.83. The first kappa shape index (κ1) is 13.7. The number of aliphatic hydroxyl groups excluding tert-OH is 1. The highest BCUT2D eigenvalue weighted by atomic mass is 32.1. The maximum Gasteiger partial charge on any atom is 0.0635 e. The maximum atomic E-state index is 8.67. The van der Waals surface area contributed by atoms with Gasteiger partial charge in [0.05, 0.1) is 12.7 Å². The fourth-order valence-electron chi connectivity index (χ4n) is 1.35. The highest BCUT2D eigenvalue weighted by molar-refractivity contribution is 7.10. The molecular formula is C13H16N2OS. The molecule has 1 aromatic heterocycles. The van der Waals surface area contributed by atoms with Gasteiger partial charge in [-0.25, -0.2) is 0 Å². The van der Waals surface area contributed by atoms with Crippen LogP contribution >= 0.6 is 11.3 Å². The van der Waals surface area contributed by atoms with Crippen LogP contribution in [0, 0.1) is 23.2 Å². The van der Waals surface area contributed by atoms with Gasteiger partial charge < -0.3 is 10.0 Å². The molecule has 0 radical (unpaired) electrons. The average Bonchev–Trinajstić information content (AvgIpc) is 2.74. The van der Waals surface area contributed by atoms with E-state index in [-0.39, 0.29) is 6.61 Å². The van der Waals surface area contributed by atoms with Gasteiger partial charge in [0.1, 0.15) is 0 Å². The van der Waals surface area contributed by atoms with Crippen molar-refractivity contribution < 1.29 is 5.11 Å². The molecule has 17 heavy (non-hydrogen) atoms. The van der Waals surface area contributed by atoms with E-state index in [1.54, 1.807) is 11.3 Å². The Hall–Kier alpha value is -1.33. The first-order valence-corrected chi connectivity index (χ1v) is 6.37. The monoisotopic (exact) mass is 248 g/mol. The molecule has 0 saturated heterocycles. The Morgan fingerprint density at radius 1 is 1.47 bits per heavy atom. The molecule has 0 amide bonds. The quantitative estimate of drug-likeness (QED) is 0.809. The summed E-state index contributed by atoms with van der Waals surface area (Å²) >= 11 is 1.68. The summed E-state index contributed by atoms with van der Waals surface area (Å²) in [5, 5.41) is 19.2. The molecule has 4 heteroatoms. The molecule has 0 unspecified atom stereocenters. The maximum absolute atomic E-state index is 8.67. The highest BCUT2D eigenvalue weighted by Crippen LogP contribution is 2.17. The summed E-state index contributed by atoms with van der Waals surface area (Å²) in [4.78, 5) is 3.34. The second-order valence-corrected chi connectivity index (χ2v) is 4.68. The molecule has 0 atom stereocenters. The zero-order valence-electron chi connectivity index (χ0n) is 9.94. The van der Waals surface area contributed by atoms with Gasteiger partial charge in [0.2, 0.25) is 0 Å². The molecule has 1 heterocycles. The minimum absolute atomic E-state index is 0.106. The van der Waals surface area contributed by atoms with Crippen LogP contribution in [0.5, 0.6) is 0 Å². The van der Waals surface area contributed by atoms with E-state index in [0.717, 1.165) is 18.7 Å². The number of aliphatic hydroxyl groups is 1. The molecule has 0 aliphatic heterocycles. The van der Waals surface area contributed by atoms with Gasteiger partial charge in [-0.2, -0.15) is 5.26 Å². The van der Waals surface area contributed by atoms with E-state index in [1.807, 2.05) is 18.5 Å². The van der Waals surface area contributed by atoms with Gasteiger partial charge >= 0.3 is 0 Å². The predicted molar refractivity (Wildman–Crippen MR) is 69.5 cm³/mol. The van der Waals surface area contributed by atoms with E-state index in [9.17, 15) is 0 Å². The zero-order chi connectivity index (χ0) is 12.5. The van der Waals surface area contributed by atoms with Crippen LogP contribution in [0.3, 0.4) is 0 Å². The third kappa shape index (κ3) is 5.01. The molecule has 0 bridgehead atoms. The summed E-state index contributed by atoms with van der Waals surface area (Å²) in [6.07, 6.45) is 1.06. The van der Waals surface area contributed by atoms with Crippen molar-refractivity contribution in [1.82, 2.24) is 4.90 Å². The van der Waals surface area contributed by atoms with Gasteiger partial charge in [-0.1, -0.05) is 11.8 Å². The van der Waals surface area contributed by atoms with Crippen molar-refractivity contribution in [2.75, 3.05) is 20.2 Å². The van der Waals surface area contributed by atoms with E-state index >= 15 is 0 Å². The van der Waals surface area contributed by atoms with Gasteiger partial charge in [-0.05, 0) is 18.5 Å². The van der Waals surface area contributed by atoms with Gasteiger partial charge in [-0.3, -0.25) is 0 Å². The van der Waals surface area contributed by atoms with E-state index in [0.29, 0.717) is 12.8 Å². The summed E-state index contributed by atoms with van der Waals surface area (Å²) in [6, 6.07) is 4.14. The van der Waals surface area contributed by atoms with Crippen molar-refractivity contribution in [1.29, 1.82) is 5.26 Å². The van der Waals surface area contributed by atoms with E-state index < -0.39 is 0 Å². The Balaban J connectivity index is 2.58. The third-order valence-corrected chi connectivity index (χ3v) is 3.13. The molecular weight excluding hydrogens is 232 g/mol. The molecule has 1 N–H and O–H groups in total. The number of hydrogen-bond acceptors (Lipinski definition) is 4. The van der Waals surface area contributed by atoms with Crippen molar-refractivity contribution in [3.63, 3.8) is 0 Å². The van der Waals surface area contributed by atoms with Crippen molar-refractivity contribution in [2.24, 2.45) is 0 Å². The van der Waals surface area contributed by atoms with Crippen molar-refractivity contribution in [2.45, 2.75) is 19.4 Å². The number of nitrogens with zero attached hydrogens (tertiary/aromatic N) is 2. The van der Waals surface area contributed by atoms with Crippen LogP contribution in [0.1, 0.15) is 23.3 Å². The van der Waals surface area contributed by atoms with E-state index in [1.165, 1.54) is 4.88 Å². The second kappa shape index (κ2) is 7.86. The normalized spacial score (nSPS) is 9.76. The number of hydrogen-bond donors (Lipinski definition) is 1. The molecule has 0 aliphatic carbocycles. The lowest BCUT2D eigenvalue weighted by Crippen LogP contribution is -2.18. The lowest BCUT2D eigenvalue weighted by Gasteiger charge is -2.13. The topological polar surface area (TPSA) is 47.3 Å². The Morgan fingerprint density at radius 2 is 2.29 bits per heavy atom. The molecule has 0 aliphatic rings. The molecule has 0 fully saturated rings. The van der Waals surface area contributed by atoms with Crippen LogP contribution in [-0.2, 0) is 6.54 Å². The van der Waals surface area contributed by atoms with Gasteiger partial charge in [0.15, 0.2) is 0 Å². The number of thiophene rings is 1. The fourth-order valence-corrected chi connectivity index (χ4v) is 2.26. The highest BCUT2D eigenvalue weighted by Gasteiger charge is 2.05. The third-order valence-electron chi connectivity index (χ3n) is 2.22. The lowest BCUT2D eigenvalue weighted by atomic mass is 10.2. The summed E-state index contributed by atoms with van der Waals surface area (Å²) < 4.78 is 0. The van der Waals surface area contributed by atoms with Crippen molar-refractivity contribution in [3.05, 3.63) is 21.9 Å². The van der Waals surface area contributed by atoms with E-state index in [4.69, 9.17) is 10.4 Å². The van der Waals surface area contributed by atoms with Crippen molar-refractivity contribution in [3.8, 4) is 17.9 Å². The first-order chi connectivity index (χ1) is 8.27. The number of nitriles is 1. The van der Waals surface area contributed by atoms with Crippen LogP contribution in [0.2, 0.25) is 0 Å². The van der Waals surface area contributed by atoms with Gasteiger partial charge in [-0.15, -0.1) is 11.3 Å². The Bertz CT molecular complexity index is 436. The smallest absolute Gasteiger partial charge is 0.0635 e. The minimum atomic E-state index is 0.106. The van der Waals surface area contributed by atoms with Gasteiger partial charge in [0.25, 0.3) is 0 Å². The first-order valence-electron chi connectivity index (χ1n) is 5.49. The average molecular weight is 248 g/mol. The molecule has 0 saturated carbocycles. The summed E-state index contributed by atoms with van der Waals surface area (Å²) in [7, 11) is 2.00. The summed E-state index contributed by atoms with van der Waals surface area (Å²) in [6.45, 7) is 1.70. The molecule has 90 valence electrons. The Labute approximate surface area is 106 Å². The SMILES string of the molecule is CN(CCC#N)Cc1sccc1C#CCCO.